The van der Waals surface area contributed by atoms with Crippen molar-refractivity contribution in [3.8, 4) is 22.1 Å². The van der Waals surface area contributed by atoms with Crippen molar-refractivity contribution in [1.82, 2.24) is 15.1 Å². The van der Waals surface area contributed by atoms with E-state index in [0.29, 0.717) is 18.8 Å². The predicted octanol–water partition coefficient (Wildman–Crippen LogP) is 2.82. The van der Waals surface area contributed by atoms with Gasteiger partial charge in [-0.05, 0) is 41.8 Å². The fraction of sp³-hybridized carbons (Fsp3) is 0.222. The Morgan fingerprint density at radius 1 is 1.20 bits per heavy atom. The highest BCUT2D eigenvalue weighted by molar-refractivity contribution is 7.13. The van der Waals surface area contributed by atoms with E-state index < -0.39 is 0 Å². The number of carbonyl (C=O) groups excluding carboxylic acids is 1. The Morgan fingerprint density at radius 2 is 2.00 bits per heavy atom. The van der Waals surface area contributed by atoms with E-state index >= 15 is 0 Å². The fourth-order valence-electron chi connectivity index (χ4n) is 2.22. The second kappa shape index (κ2) is 8.34. The first-order valence-corrected chi connectivity index (χ1v) is 8.73. The van der Waals surface area contributed by atoms with E-state index in [2.05, 4.69) is 10.4 Å². The van der Waals surface area contributed by atoms with Gasteiger partial charge in [-0.25, -0.2) is 0 Å². The maximum atomic E-state index is 11.8. The third-order valence-electron chi connectivity index (χ3n) is 3.51. The minimum atomic E-state index is -0.165. The van der Waals surface area contributed by atoms with Crippen LogP contribution < -0.4 is 14.8 Å². The zero-order chi connectivity index (χ0) is 17.5. The number of aromatic nitrogens is 2. The number of hydrogen-bond acceptors (Lipinski definition) is 5. The molecule has 1 N–H and O–H groups in total. The highest BCUT2D eigenvalue weighted by Crippen LogP contribution is 2.22. The van der Waals surface area contributed by atoms with Crippen LogP contribution in [0.3, 0.4) is 0 Å². The zero-order valence-corrected chi connectivity index (χ0v) is 14.7. The van der Waals surface area contributed by atoms with Gasteiger partial charge in [-0.2, -0.15) is 5.10 Å². The average Bonchev–Trinajstić information content (AvgIpc) is 3.32. The Kier molecular flexibility index (Phi) is 5.69. The quantitative estimate of drug-likeness (QED) is 0.673. The number of benzene rings is 1. The molecule has 1 amide bonds. The fourth-order valence-corrected chi connectivity index (χ4v) is 2.91. The van der Waals surface area contributed by atoms with Crippen molar-refractivity contribution in [3.63, 3.8) is 0 Å². The molecule has 7 heteroatoms. The molecule has 0 atom stereocenters. The van der Waals surface area contributed by atoms with Crippen LogP contribution in [0.15, 0.2) is 54.0 Å². The molecule has 2 aromatic heterocycles. The van der Waals surface area contributed by atoms with Crippen molar-refractivity contribution < 1.29 is 14.3 Å². The molecule has 0 bridgehead atoms. The summed E-state index contributed by atoms with van der Waals surface area (Å²) in [5.74, 6) is 1.21. The van der Waals surface area contributed by atoms with Gasteiger partial charge in [-0.15, -0.1) is 11.3 Å². The lowest BCUT2D eigenvalue weighted by atomic mass is 10.3. The number of methoxy groups -OCH3 is 1. The number of carbonyl (C=O) groups is 1. The lowest BCUT2D eigenvalue weighted by molar-refractivity contribution is -0.123. The van der Waals surface area contributed by atoms with E-state index in [1.807, 2.05) is 34.5 Å². The summed E-state index contributed by atoms with van der Waals surface area (Å²) in [6.07, 6.45) is 1.91. The van der Waals surface area contributed by atoms with Gasteiger partial charge in [-0.3, -0.25) is 9.48 Å². The maximum Gasteiger partial charge on any atom is 0.258 e. The summed E-state index contributed by atoms with van der Waals surface area (Å²) in [5, 5.41) is 9.34. The zero-order valence-electron chi connectivity index (χ0n) is 13.8. The van der Waals surface area contributed by atoms with Gasteiger partial charge in [0.05, 0.1) is 18.5 Å². The Balaban J connectivity index is 1.39. The third-order valence-corrected chi connectivity index (χ3v) is 4.40. The van der Waals surface area contributed by atoms with Crippen molar-refractivity contribution in [2.45, 2.75) is 6.54 Å². The molecule has 6 nitrogen and oxygen atoms in total. The highest BCUT2D eigenvalue weighted by atomic mass is 32.1. The lowest BCUT2D eigenvalue weighted by Crippen LogP contribution is -2.31. The van der Waals surface area contributed by atoms with Gasteiger partial charge in [0, 0.05) is 12.7 Å². The van der Waals surface area contributed by atoms with E-state index in [-0.39, 0.29) is 12.5 Å². The molecule has 130 valence electrons. The SMILES string of the molecule is COc1ccc(OCC(=O)NCCn2ccc(-c3cccs3)n2)cc1. The second-order valence-electron chi connectivity index (χ2n) is 5.26. The number of nitrogens with one attached hydrogen (secondary N) is 1. The monoisotopic (exact) mass is 357 g/mol. The maximum absolute atomic E-state index is 11.8. The molecule has 0 fully saturated rings. The van der Waals surface area contributed by atoms with Crippen LogP contribution in [0.2, 0.25) is 0 Å². The van der Waals surface area contributed by atoms with Gasteiger partial charge in [0.25, 0.3) is 5.91 Å². The molecule has 1 aromatic carbocycles. The topological polar surface area (TPSA) is 65.4 Å². The summed E-state index contributed by atoms with van der Waals surface area (Å²) >= 11 is 1.65. The predicted molar refractivity (Wildman–Crippen MR) is 97.0 cm³/mol. The summed E-state index contributed by atoms with van der Waals surface area (Å²) in [4.78, 5) is 13.0. The van der Waals surface area contributed by atoms with Crippen LogP contribution in [-0.4, -0.2) is 35.9 Å². The van der Waals surface area contributed by atoms with Gasteiger partial charge in [-0.1, -0.05) is 6.07 Å². The Labute approximate surface area is 150 Å². The van der Waals surface area contributed by atoms with E-state index in [1.165, 1.54) is 0 Å². The molecule has 0 saturated heterocycles. The molecule has 0 radical (unpaired) electrons. The summed E-state index contributed by atoms with van der Waals surface area (Å²) < 4.78 is 12.3. The van der Waals surface area contributed by atoms with E-state index in [1.54, 1.807) is 42.7 Å². The minimum absolute atomic E-state index is 0.0219. The summed E-state index contributed by atoms with van der Waals surface area (Å²) in [6, 6.07) is 13.1. The van der Waals surface area contributed by atoms with Crippen molar-refractivity contribution in [2.75, 3.05) is 20.3 Å². The van der Waals surface area contributed by atoms with E-state index in [0.717, 1.165) is 16.3 Å². The van der Waals surface area contributed by atoms with Crippen LogP contribution in [0.5, 0.6) is 11.5 Å². The molecule has 0 spiro atoms. The van der Waals surface area contributed by atoms with Gasteiger partial charge >= 0.3 is 0 Å². The van der Waals surface area contributed by atoms with Crippen LogP contribution >= 0.6 is 11.3 Å². The molecular weight excluding hydrogens is 338 g/mol. The molecule has 0 saturated carbocycles. The third kappa shape index (κ3) is 4.84. The van der Waals surface area contributed by atoms with Gasteiger partial charge in [0.15, 0.2) is 6.61 Å². The van der Waals surface area contributed by atoms with Crippen molar-refractivity contribution in [3.05, 3.63) is 54.0 Å². The first-order valence-electron chi connectivity index (χ1n) is 7.85. The van der Waals surface area contributed by atoms with Crippen LogP contribution in [0.25, 0.3) is 10.6 Å². The van der Waals surface area contributed by atoms with Crippen LogP contribution in [-0.2, 0) is 11.3 Å². The number of hydrogen-bond donors (Lipinski definition) is 1. The minimum Gasteiger partial charge on any atom is -0.497 e. The number of thiophene rings is 1. The van der Waals surface area contributed by atoms with E-state index in [9.17, 15) is 4.79 Å². The summed E-state index contributed by atoms with van der Waals surface area (Å²) in [6.45, 7) is 1.09. The molecule has 3 aromatic rings. The Bertz CT molecular complexity index is 797. The van der Waals surface area contributed by atoms with Gasteiger partial charge < -0.3 is 14.8 Å². The van der Waals surface area contributed by atoms with Crippen molar-refractivity contribution in [2.24, 2.45) is 0 Å². The van der Waals surface area contributed by atoms with Gasteiger partial charge in [0.2, 0.25) is 0 Å². The molecule has 0 aliphatic heterocycles. The average molecular weight is 357 g/mol. The summed E-state index contributed by atoms with van der Waals surface area (Å²) in [5.41, 5.74) is 0.948. The normalized spacial score (nSPS) is 10.4. The number of rotatable bonds is 8. The van der Waals surface area contributed by atoms with E-state index in [4.69, 9.17) is 9.47 Å². The Hall–Kier alpha value is -2.80. The first-order chi connectivity index (χ1) is 12.2. The highest BCUT2D eigenvalue weighted by Gasteiger charge is 2.05. The standard InChI is InChI=1S/C18H19N3O3S/c1-23-14-4-6-15(7-5-14)24-13-18(22)19-9-11-21-10-8-16(20-21)17-3-2-12-25-17/h2-8,10,12H,9,11,13H2,1H3,(H,19,22). The van der Waals surface area contributed by atoms with Crippen molar-refractivity contribution >= 4 is 17.2 Å². The van der Waals surface area contributed by atoms with Crippen LogP contribution in [0, 0.1) is 0 Å². The second-order valence-corrected chi connectivity index (χ2v) is 6.20. The molecule has 0 aliphatic rings. The molecule has 25 heavy (non-hydrogen) atoms. The largest absolute Gasteiger partial charge is 0.497 e. The van der Waals surface area contributed by atoms with Crippen molar-refractivity contribution in [1.29, 1.82) is 0 Å². The molecule has 2 heterocycles. The molecule has 3 rings (SSSR count). The smallest absolute Gasteiger partial charge is 0.258 e. The van der Waals surface area contributed by atoms with Gasteiger partial charge in [0.1, 0.15) is 17.2 Å². The molecule has 0 aliphatic carbocycles. The van der Waals surface area contributed by atoms with Crippen LogP contribution in [0.4, 0.5) is 0 Å². The lowest BCUT2D eigenvalue weighted by Gasteiger charge is -2.08. The number of nitrogens with zero attached hydrogens (tertiary/aromatic N) is 2. The molecular formula is C18H19N3O3S. The first kappa shape index (κ1) is 17.0. The Morgan fingerprint density at radius 3 is 2.72 bits per heavy atom. The van der Waals surface area contributed by atoms with Crippen LogP contribution in [0.1, 0.15) is 0 Å². The number of ether oxygens (including phenoxy) is 2. The molecule has 0 unspecified atom stereocenters. The number of amides is 1. The summed E-state index contributed by atoms with van der Waals surface area (Å²) in [7, 11) is 1.60.